The van der Waals surface area contributed by atoms with E-state index < -0.39 is 9.84 Å². The minimum Gasteiger partial charge on any atom is -0.224 e. The van der Waals surface area contributed by atoms with Crippen LogP contribution in [-0.4, -0.2) is 40.1 Å². The molecule has 0 radical (unpaired) electrons. The molecule has 0 aliphatic carbocycles. The molecule has 0 spiro atoms. The molecular weight excluding hydrogens is 364 g/mol. The van der Waals surface area contributed by atoms with Crippen LogP contribution in [0.4, 0.5) is 0 Å². The van der Waals surface area contributed by atoms with Crippen molar-refractivity contribution in [2.45, 2.75) is 23.0 Å². The third-order valence-electron chi connectivity index (χ3n) is 3.33. The molecule has 0 atom stereocenters. The Kier molecular flexibility index (Phi) is 5.64. The van der Waals surface area contributed by atoms with E-state index in [1.54, 1.807) is 46.4 Å². The Morgan fingerprint density at radius 3 is 2.71 bits per heavy atom. The predicted molar refractivity (Wildman–Crippen MR) is 95.1 cm³/mol. The minimum atomic E-state index is -3.27. The Bertz CT molecular complexity index is 861. The number of benzene rings is 1. The summed E-state index contributed by atoms with van der Waals surface area (Å²) in [5.41, 5.74) is 0. The first-order valence-corrected chi connectivity index (χ1v) is 10.9. The molecule has 0 saturated carbocycles. The average molecular weight is 381 g/mol. The van der Waals surface area contributed by atoms with Gasteiger partial charge in [-0.2, -0.15) is 0 Å². The van der Waals surface area contributed by atoms with Crippen molar-refractivity contribution in [1.82, 2.24) is 20.2 Å². The van der Waals surface area contributed by atoms with Gasteiger partial charge < -0.3 is 0 Å². The molecule has 6 nitrogen and oxygen atoms in total. The van der Waals surface area contributed by atoms with Gasteiger partial charge in [-0.3, -0.25) is 0 Å². The highest BCUT2D eigenvalue weighted by molar-refractivity contribution is 8.00. The van der Waals surface area contributed by atoms with Crippen LogP contribution in [0.5, 0.6) is 0 Å². The first kappa shape index (κ1) is 17.1. The third kappa shape index (κ3) is 4.43. The molecule has 0 aliphatic heterocycles. The van der Waals surface area contributed by atoms with Gasteiger partial charge in [-0.05, 0) is 34.0 Å². The third-order valence-corrected chi connectivity index (χ3v) is 7.22. The Morgan fingerprint density at radius 1 is 1.12 bits per heavy atom. The first-order chi connectivity index (χ1) is 11.6. The quantitative estimate of drug-likeness (QED) is 0.559. The molecule has 0 aliphatic rings. The second-order valence-corrected chi connectivity index (χ2v) is 9.20. The van der Waals surface area contributed by atoms with Crippen molar-refractivity contribution in [1.29, 1.82) is 0 Å². The zero-order chi connectivity index (χ0) is 16.8. The zero-order valence-electron chi connectivity index (χ0n) is 12.8. The molecule has 2 aromatic heterocycles. The molecule has 3 rings (SSSR count). The van der Waals surface area contributed by atoms with E-state index in [4.69, 9.17) is 0 Å². The van der Waals surface area contributed by atoms with Crippen molar-refractivity contribution >= 4 is 32.9 Å². The fourth-order valence-corrected chi connectivity index (χ4v) is 5.37. The van der Waals surface area contributed by atoms with E-state index in [2.05, 4.69) is 21.6 Å². The van der Waals surface area contributed by atoms with Gasteiger partial charge in [0.15, 0.2) is 9.84 Å². The second kappa shape index (κ2) is 7.91. The number of hydrogen-bond acceptors (Lipinski definition) is 7. The minimum absolute atomic E-state index is 0.0550. The van der Waals surface area contributed by atoms with Crippen LogP contribution < -0.4 is 0 Å². The largest absolute Gasteiger partial charge is 0.224 e. The maximum atomic E-state index is 12.3. The van der Waals surface area contributed by atoms with Crippen LogP contribution in [0, 0.1) is 0 Å². The van der Waals surface area contributed by atoms with Gasteiger partial charge in [0.25, 0.3) is 0 Å². The molecule has 0 N–H and O–H groups in total. The van der Waals surface area contributed by atoms with Crippen LogP contribution in [0.25, 0.3) is 0 Å². The summed E-state index contributed by atoms with van der Waals surface area (Å²) >= 11 is 3.06. The Morgan fingerprint density at radius 2 is 1.96 bits per heavy atom. The second-order valence-electron chi connectivity index (χ2n) is 4.99. The lowest BCUT2D eigenvalue weighted by Crippen LogP contribution is -2.10. The number of nitrogens with zero attached hydrogens (tertiary/aromatic N) is 4. The number of hydrogen-bond donors (Lipinski definition) is 0. The lowest BCUT2D eigenvalue weighted by Gasteiger charge is -2.05. The van der Waals surface area contributed by atoms with Crippen LogP contribution >= 0.6 is 23.1 Å². The van der Waals surface area contributed by atoms with E-state index in [0.29, 0.717) is 22.3 Å². The van der Waals surface area contributed by atoms with Gasteiger partial charge in [-0.15, -0.1) is 16.4 Å². The Labute approximate surface area is 148 Å². The predicted octanol–water partition coefficient (Wildman–Crippen LogP) is 2.54. The van der Waals surface area contributed by atoms with Crippen molar-refractivity contribution < 1.29 is 8.42 Å². The topological polar surface area (TPSA) is 77.7 Å². The van der Waals surface area contributed by atoms with E-state index in [-0.39, 0.29) is 5.75 Å². The number of aryl methyl sites for hydroxylation is 2. The maximum absolute atomic E-state index is 12.3. The highest BCUT2D eigenvalue weighted by Crippen LogP contribution is 2.18. The number of sulfone groups is 1. The fraction of sp³-hybridized carbons (Fsp3) is 0.267. The van der Waals surface area contributed by atoms with Gasteiger partial charge in [0, 0.05) is 17.1 Å². The standard InChI is InChI=1S/C15H16N4O2S3/c20-24(21,14-6-2-1-3-7-14)12-11-23-15-16-17-18-19(15)9-8-13-5-4-10-22-13/h1-7,10H,8-9,11-12H2. The summed E-state index contributed by atoms with van der Waals surface area (Å²) in [7, 11) is -3.27. The summed E-state index contributed by atoms with van der Waals surface area (Å²) in [6.45, 7) is 0.682. The summed E-state index contributed by atoms with van der Waals surface area (Å²) < 4.78 is 26.2. The summed E-state index contributed by atoms with van der Waals surface area (Å²) in [6.07, 6.45) is 0.860. The fourth-order valence-electron chi connectivity index (χ4n) is 2.10. The lowest BCUT2D eigenvalue weighted by atomic mass is 10.3. The van der Waals surface area contributed by atoms with E-state index in [0.717, 1.165) is 6.42 Å². The van der Waals surface area contributed by atoms with Crippen LogP contribution in [0.3, 0.4) is 0 Å². The molecule has 0 bridgehead atoms. The maximum Gasteiger partial charge on any atom is 0.209 e. The van der Waals surface area contributed by atoms with Gasteiger partial charge in [0.05, 0.1) is 17.2 Å². The van der Waals surface area contributed by atoms with Crippen LogP contribution in [0.2, 0.25) is 0 Å². The molecular formula is C15H16N4O2S3. The van der Waals surface area contributed by atoms with Crippen LogP contribution in [0.15, 0.2) is 57.9 Å². The monoisotopic (exact) mass is 380 g/mol. The van der Waals surface area contributed by atoms with Gasteiger partial charge in [-0.25, -0.2) is 13.1 Å². The van der Waals surface area contributed by atoms with E-state index >= 15 is 0 Å². The molecule has 9 heteroatoms. The van der Waals surface area contributed by atoms with Crippen molar-refractivity contribution in [2.75, 3.05) is 11.5 Å². The number of tetrazole rings is 1. The van der Waals surface area contributed by atoms with Crippen molar-refractivity contribution in [2.24, 2.45) is 0 Å². The van der Waals surface area contributed by atoms with Crippen LogP contribution in [0.1, 0.15) is 4.88 Å². The highest BCUT2D eigenvalue weighted by Gasteiger charge is 2.15. The summed E-state index contributed by atoms with van der Waals surface area (Å²) in [5, 5.41) is 14.3. The SMILES string of the molecule is O=S(=O)(CCSc1nnnn1CCc1cccs1)c1ccccc1. The van der Waals surface area contributed by atoms with Crippen LogP contribution in [-0.2, 0) is 22.8 Å². The van der Waals surface area contributed by atoms with Gasteiger partial charge in [0.1, 0.15) is 0 Å². The number of thiophene rings is 1. The zero-order valence-corrected chi connectivity index (χ0v) is 15.2. The first-order valence-electron chi connectivity index (χ1n) is 7.34. The molecule has 0 fully saturated rings. The molecule has 2 heterocycles. The van der Waals surface area contributed by atoms with E-state index in [1.165, 1.54) is 16.6 Å². The smallest absolute Gasteiger partial charge is 0.209 e. The number of rotatable bonds is 8. The van der Waals surface area contributed by atoms with E-state index in [9.17, 15) is 8.42 Å². The van der Waals surface area contributed by atoms with Crippen molar-refractivity contribution in [3.8, 4) is 0 Å². The normalized spacial score (nSPS) is 11.7. The number of aromatic nitrogens is 4. The molecule has 0 unspecified atom stereocenters. The Balaban J connectivity index is 1.55. The molecule has 126 valence electrons. The molecule has 24 heavy (non-hydrogen) atoms. The van der Waals surface area contributed by atoms with Gasteiger partial charge in [0.2, 0.25) is 5.16 Å². The molecule has 1 aromatic carbocycles. The van der Waals surface area contributed by atoms with E-state index in [1.807, 2.05) is 11.4 Å². The van der Waals surface area contributed by atoms with Gasteiger partial charge in [-0.1, -0.05) is 36.0 Å². The summed E-state index contributed by atoms with van der Waals surface area (Å²) in [4.78, 5) is 1.62. The lowest BCUT2D eigenvalue weighted by molar-refractivity contribution is 0.551. The molecule has 0 saturated heterocycles. The highest BCUT2D eigenvalue weighted by atomic mass is 32.2. The Hall–Kier alpha value is -1.71. The molecule has 0 amide bonds. The average Bonchev–Trinajstić information content (AvgIpc) is 3.25. The summed E-state index contributed by atoms with van der Waals surface area (Å²) in [5.74, 6) is 0.468. The molecule has 3 aromatic rings. The summed E-state index contributed by atoms with van der Waals surface area (Å²) in [6, 6.07) is 12.6. The number of thioether (sulfide) groups is 1. The van der Waals surface area contributed by atoms with Gasteiger partial charge >= 0.3 is 0 Å². The van der Waals surface area contributed by atoms with Crippen molar-refractivity contribution in [3.63, 3.8) is 0 Å². The van der Waals surface area contributed by atoms with Crippen molar-refractivity contribution in [3.05, 3.63) is 52.7 Å².